The molecule has 20 heavy (non-hydrogen) atoms. The Hall–Kier alpha value is 1.74. The molecule has 0 saturated carbocycles. The predicted octanol–water partition coefficient (Wildman–Crippen LogP) is 0.572. The van der Waals surface area contributed by atoms with E-state index in [4.69, 9.17) is 25.2 Å². The number of hydrogen-bond acceptors (Lipinski definition) is 5. The molecule has 1 aromatic carbocycles. The van der Waals surface area contributed by atoms with Crippen LogP contribution >= 0.6 is 0 Å². The summed E-state index contributed by atoms with van der Waals surface area (Å²) in [6.07, 6.45) is 0.0425. The number of unbranched alkanes of at least 4 members (excludes halogenated alkanes) is 1. The van der Waals surface area contributed by atoms with Gasteiger partial charge in [-0.1, -0.05) is 12.1 Å². The number of aliphatic hydroxyl groups is 4. The molecule has 0 amide bonds. The van der Waals surface area contributed by atoms with Gasteiger partial charge in [-0.15, -0.1) is 0 Å². The average molecular weight is 710 g/mol. The normalized spacial score (nSPS) is 11.4. The summed E-state index contributed by atoms with van der Waals surface area (Å²) in [7, 11) is 0. The Kier molecular flexibility index (Phi) is 17.2. The van der Waals surface area contributed by atoms with Crippen molar-refractivity contribution in [1.82, 2.24) is 0 Å². The molecule has 0 aliphatic carbocycles. The maximum atomic E-state index is 9.12. The van der Waals surface area contributed by atoms with Crippen LogP contribution < -0.4 is 4.74 Å². The van der Waals surface area contributed by atoms with Gasteiger partial charge in [-0.2, -0.15) is 0 Å². The van der Waals surface area contributed by atoms with Crippen molar-refractivity contribution >= 4 is 0 Å². The van der Waals surface area contributed by atoms with Crippen LogP contribution in [0.15, 0.2) is 24.3 Å². The fourth-order valence-electron chi connectivity index (χ4n) is 1.50. The summed E-state index contributed by atoms with van der Waals surface area (Å²) in [5.41, 5.74) is 0.424. The molecule has 5 nitrogen and oxygen atoms in total. The van der Waals surface area contributed by atoms with Gasteiger partial charge in [-0.3, -0.25) is 0 Å². The standard InChI is InChI=1S/C13H20O5.2Ac/c14-9-11(15)3-1-2-8-18-12-6-4-10(5-7-12)13(16)17;;/h4-7,11,13-17H,1-3,8-9H2;;. The first-order valence-corrected chi connectivity index (χ1v) is 6.01. The van der Waals surface area contributed by atoms with Crippen LogP contribution in [0.1, 0.15) is 31.1 Å². The van der Waals surface area contributed by atoms with Gasteiger partial charge in [0.25, 0.3) is 0 Å². The molecule has 0 fully saturated rings. The summed E-state index contributed by atoms with van der Waals surface area (Å²) in [5.74, 6) is 0.669. The number of aliphatic hydroxyl groups excluding tert-OH is 3. The van der Waals surface area contributed by atoms with Crippen molar-refractivity contribution in [1.29, 1.82) is 0 Å². The van der Waals surface area contributed by atoms with Gasteiger partial charge >= 0.3 is 0 Å². The van der Waals surface area contributed by atoms with Crippen molar-refractivity contribution in [2.75, 3.05) is 13.2 Å². The Labute approximate surface area is 190 Å². The van der Waals surface area contributed by atoms with E-state index in [1.807, 2.05) is 0 Å². The van der Waals surface area contributed by atoms with E-state index in [2.05, 4.69) is 0 Å². The molecule has 1 atom stereocenters. The van der Waals surface area contributed by atoms with Crippen molar-refractivity contribution in [2.45, 2.75) is 31.7 Å². The Bertz CT molecular complexity index is 332. The van der Waals surface area contributed by atoms with E-state index in [1.165, 1.54) is 0 Å². The minimum Gasteiger partial charge on any atom is -0.494 e. The van der Waals surface area contributed by atoms with Crippen LogP contribution in [0.4, 0.5) is 0 Å². The number of rotatable bonds is 8. The molecule has 4 N–H and O–H groups in total. The first kappa shape index (κ1) is 24.0. The first-order chi connectivity index (χ1) is 8.63. The second-order valence-corrected chi connectivity index (χ2v) is 4.12. The predicted molar refractivity (Wildman–Crippen MR) is 66.1 cm³/mol. The van der Waals surface area contributed by atoms with E-state index in [-0.39, 0.29) is 94.7 Å². The summed E-state index contributed by atoms with van der Waals surface area (Å²) < 4.78 is 5.45. The molecule has 1 aromatic rings. The zero-order chi connectivity index (χ0) is 13.4. The van der Waals surface area contributed by atoms with Gasteiger partial charge in [0.05, 0.1) is 19.3 Å². The SMILES string of the molecule is OCC(O)CCCCOc1ccc(C(O)O)cc1.[Ac].[Ac]. The third-order valence-corrected chi connectivity index (χ3v) is 2.59. The molecule has 7 heteroatoms. The molecule has 1 unspecified atom stereocenters. The van der Waals surface area contributed by atoms with Crippen LogP contribution in [0, 0.1) is 88.1 Å². The molecule has 1 rings (SSSR count). The molecule has 2 radical (unpaired) electrons. The van der Waals surface area contributed by atoms with Crippen molar-refractivity contribution in [3.05, 3.63) is 29.8 Å². The molecule has 0 saturated heterocycles. The molecule has 0 aliphatic heterocycles. The number of benzene rings is 1. The van der Waals surface area contributed by atoms with Crippen molar-refractivity contribution in [3.8, 4) is 5.75 Å². The van der Waals surface area contributed by atoms with Crippen molar-refractivity contribution < 1.29 is 113 Å². The van der Waals surface area contributed by atoms with Gasteiger partial charge in [0.1, 0.15) is 5.75 Å². The quantitative estimate of drug-likeness (QED) is 0.235. The Morgan fingerprint density at radius 1 is 0.950 bits per heavy atom. The van der Waals surface area contributed by atoms with Crippen molar-refractivity contribution in [3.63, 3.8) is 0 Å². The molecular weight excluding hydrogens is 690 g/mol. The van der Waals surface area contributed by atoms with E-state index in [0.29, 0.717) is 24.3 Å². The monoisotopic (exact) mass is 710 g/mol. The minimum atomic E-state index is -1.46. The Morgan fingerprint density at radius 2 is 1.55 bits per heavy atom. The van der Waals surface area contributed by atoms with Gasteiger partial charge in [0, 0.05) is 93.7 Å². The van der Waals surface area contributed by atoms with Crippen molar-refractivity contribution in [2.24, 2.45) is 0 Å². The zero-order valence-electron chi connectivity index (χ0n) is 11.4. The molecule has 0 spiro atoms. The molecule has 0 bridgehead atoms. The Morgan fingerprint density at radius 3 is 2.05 bits per heavy atom. The number of ether oxygens (including phenoxy) is 1. The first-order valence-electron chi connectivity index (χ1n) is 6.01. The largest absolute Gasteiger partial charge is 0.494 e. The van der Waals surface area contributed by atoms with E-state index in [9.17, 15) is 0 Å². The molecule has 0 heterocycles. The minimum absolute atomic E-state index is 0. The van der Waals surface area contributed by atoms with E-state index in [1.54, 1.807) is 24.3 Å². The van der Waals surface area contributed by atoms with E-state index in [0.717, 1.165) is 12.8 Å². The topological polar surface area (TPSA) is 90.2 Å². The van der Waals surface area contributed by atoms with Gasteiger partial charge in [-0.05, 0) is 31.4 Å². The molecule has 0 aliphatic rings. The maximum absolute atomic E-state index is 9.12. The summed E-state index contributed by atoms with van der Waals surface area (Å²) in [4.78, 5) is 0. The number of hydrogen-bond donors (Lipinski definition) is 4. The van der Waals surface area contributed by atoms with Gasteiger partial charge in [0.2, 0.25) is 0 Å². The van der Waals surface area contributed by atoms with Gasteiger partial charge in [0.15, 0.2) is 6.29 Å². The second kappa shape index (κ2) is 14.3. The van der Waals surface area contributed by atoms with E-state index < -0.39 is 12.4 Å². The third-order valence-electron chi connectivity index (χ3n) is 2.59. The van der Waals surface area contributed by atoms with E-state index >= 15 is 0 Å². The van der Waals surface area contributed by atoms with Crippen LogP contribution in [0.25, 0.3) is 0 Å². The summed E-state index contributed by atoms with van der Waals surface area (Å²) >= 11 is 0. The summed E-state index contributed by atoms with van der Waals surface area (Å²) in [5, 5.41) is 35.5. The van der Waals surface area contributed by atoms with Crippen LogP contribution in [0.2, 0.25) is 0 Å². The van der Waals surface area contributed by atoms with Crippen LogP contribution in [-0.2, 0) is 0 Å². The maximum Gasteiger partial charge on any atom is 0.178 e. The van der Waals surface area contributed by atoms with Crippen LogP contribution in [-0.4, -0.2) is 39.7 Å². The van der Waals surface area contributed by atoms with Gasteiger partial charge < -0.3 is 25.2 Å². The molecule has 108 valence electrons. The zero-order valence-corrected chi connectivity index (χ0v) is 20.8. The molecule has 0 aromatic heterocycles. The second-order valence-electron chi connectivity index (χ2n) is 4.12. The average Bonchev–Trinajstić information content (AvgIpc) is 2.38. The van der Waals surface area contributed by atoms with Gasteiger partial charge in [-0.25, -0.2) is 0 Å². The fourth-order valence-corrected chi connectivity index (χ4v) is 1.50. The summed E-state index contributed by atoms with van der Waals surface area (Å²) in [6, 6.07) is 6.54. The third kappa shape index (κ3) is 10.5. The summed E-state index contributed by atoms with van der Waals surface area (Å²) in [6.45, 7) is 0.324. The smallest absolute Gasteiger partial charge is 0.178 e. The molecular formula is C13H20Ac2O5. The van der Waals surface area contributed by atoms with Crippen LogP contribution in [0.3, 0.4) is 0 Å². The Balaban J connectivity index is 0. The fraction of sp³-hybridized carbons (Fsp3) is 0.538. The van der Waals surface area contributed by atoms with Crippen LogP contribution in [0.5, 0.6) is 5.75 Å².